The first-order valence-corrected chi connectivity index (χ1v) is 11.7. The lowest BCUT2D eigenvalue weighted by Gasteiger charge is -2.36. The van der Waals surface area contributed by atoms with E-state index in [-0.39, 0.29) is 22.9 Å². The van der Waals surface area contributed by atoms with Crippen LogP contribution in [0.3, 0.4) is 0 Å². The molecule has 2 N–H and O–H groups in total. The lowest BCUT2D eigenvalue weighted by atomic mass is 9.95. The zero-order valence-corrected chi connectivity index (χ0v) is 18.8. The van der Waals surface area contributed by atoms with Gasteiger partial charge in [-0.15, -0.1) is 0 Å². The van der Waals surface area contributed by atoms with Crippen molar-refractivity contribution in [2.24, 2.45) is 5.41 Å². The van der Waals surface area contributed by atoms with E-state index in [0.717, 1.165) is 25.8 Å². The van der Waals surface area contributed by atoms with Crippen LogP contribution in [0.25, 0.3) is 0 Å². The molecule has 0 saturated carbocycles. The molecule has 6 nitrogen and oxygen atoms in total. The van der Waals surface area contributed by atoms with Gasteiger partial charge in [0.2, 0.25) is 15.9 Å². The van der Waals surface area contributed by atoms with E-state index in [1.807, 2.05) is 40.7 Å². The normalized spacial score (nSPS) is 19.4. The minimum Gasteiger partial charge on any atom is -0.368 e. The van der Waals surface area contributed by atoms with Crippen LogP contribution in [0.15, 0.2) is 23.1 Å². The van der Waals surface area contributed by atoms with Gasteiger partial charge in [-0.05, 0) is 57.7 Å². The van der Waals surface area contributed by atoms with Crippen molar-refractivity contribution in [2.45, 2.75) is 84.2 Å². The smallest absolute Gasteiger partial charge is 0.242 e. The maximum Gasteiger partial charge on any atom is 0.242 e. The Kier molecular flexibility index (Phi) is 7.15. The van der Waals surface area contributed by atoms with Gasteiger partial charge in [-0.1, -0.05) is 27.7 Å². The Morgan fingerprint density at radius 2 is 1.96 bits per heavy atom. The molecule has 1 saturated heterocycles. The molecule has 1 aromatic rings. The molecule has 0 aromatic heterocycles. The molecule has 7 heteroatoms. The van der Waals surface area contributed by atoms with Crippen LogP contribution in [0.5, 0.6) is 0 Å². The summed E-state index contributed by atoms with van der Waals surface area (Å²) in [7, 11) is -3.71. The Morgan fingerprint density at radius 1 is 1.29 bits per heavy atom. The van der Waals surface area contributed by atoms with Crippen molar-refractivity contribution in [2.75, 3.05) is 16.8 Å². The predicted molar refractivity (Wildman–Crippen MR) is 115 cm³/mol. The molecule has 1 aromatic carbocycles. The highest BCUT2D eigenvalue weighted by Gasteiger charge is 2.28. The third-order valence-electron chi connectivity index (χ3n) is 5.27. The van der Waals surface area contributed by atoms with Crippen molar-refractivity contribution in [3.63, 3.8) is 0 Å². The number of carbonyl (C=O) groups excluding carboxylic acids is 1. The maximum atomic E-state index is 13.2. The summed E-state index contributed by atoms with van der Waals surface area (Å²) in [6.07, 6.45) is 3.95. The van der Waals surface area contributed by atoms with E-state index in [1.165, 1.54) is 0 Å². The van der Waals surface area contributed by atoms with Crippen LogP contribution in [-0.2, 0) is 14.8 Å². The van der Waals surface area contributed by atoms with Crippen LogP contribution in [0.4, 0.5) is 11.4 Å². The number of hydrogen-bond donors (Lipinski definition) is 2. The molecule has 0 unspecified atom stereocenters. The number of amides is 1. The van der Waals surface area contributed by atoms with Gasteiger partial charge in [0.1, 0.15) is 4.90 Å². The van der Waals surface area contributed by atoms with Crippen LogP contribution in [-0.4, -0.2) is 33.0 Å². The molecule has 1 aliphatic heterocycles. The molecule has 2 rings (SSSR count). The van der Waals surface area contributed by atoms with Gasteiger partial charge in [0.05, 0.1) is 5.69 Å². The molecule has 1 fully saturated rings. The largest absolute Gasteiger partial charge is 0.368 e. The highest BCUT2D eigenvalue weighted by molar-refractivity contribution is 7.89. The zero-order chi connectivity index (χ0) is 21.1. The Morgan fingerprint density at radius 3 is 2.54 bits per heavy atom. The molecular formula is C21H35N3O3S. The third-order valence-corrected chi connectivity index (χ3v) is 6.89. The van der Waals surface area contributed by atoms with E-state index >= 15 is 0 Å². The quantitative estimate of drug-likeness (QED) is 0.740. The summed E-state index contributed by atoms with van der Waals surface area (Å²) in [5.74, 6) is -0.148. The van der Waals surface area contributed by atoms with E-state index in [2.05, 4.69) is 21.9 Å². The van der Waals surface area contributed by atoms with Gasteiger partial charge >= 0.3 is 0 Å². The highest BCUT2D eigenvalue weighted by atomic mass is 32.2. The number of benzene rings is 1. The van der Waals surface area contributed by atoms with Crippen LogP contribution in [0, 0.1) is 5.41 Å². The summed E-state index contributed by atoms with van der Waals surface area (Å²) in [6.45, 7) is 12.2. The fourth-order valence-electron chi connectivity index (χ4n) is 3.23. The van der Waals surface area contributed by atoms with Gasteiger partial charge in [0.25, 0.3) is 0 Å². The number of nitrogens with one attached hydrogen (secondary N) is 2. The molecule has 28 heavy (non-hydrogen) atoms. The molecule has 158 valence electrons. The number of piperidine rings is 1. The Bertz CT molecular complexity index is 800. The van der Waals surface area contributed by atoms with Crippen molar-refractivity contribution in [3.05, 3.63) is 18.2 Å². The van der Waals surface area contributed by atoms with E-state index < -0.39 is 15.4 Å². The van der Waals surface area contributed by atoms with Crippen LogP contribution in [0.1, 0.15) is 67.2 Å². The second-order valence-corrected chi connectivity index (χ2v) is 10.5. The second-order valence-electron chi connectivity index (χ2n) is 8.86. The molecule has 1 aliphatic rings. The first-order valence-electron chi connectivity index (χ1n) is 10.2. The zero-order valence-electron chi connectivity index (χ0n) is 18.0. The summed E-state index contributed by atoms with van der Waals surface area (Å²) in [4.78, 5) is 14.8. The summed E-state index contributed by atoms with van der Waals surface area (Å²) >= 11 is 0. The van der Waals surface area contributed by atoms with E-state index in [4.69, 9.17) is 0 Å². The van der Waals surface area contributed by atoms with E-state index in [0.29, 0.717) is 17.8 Å². The molecular weight excluding hydrogens is 374 g/mol. The minimum atomic E-state index is -3.71. The fourth-order valence-corrected chi connectivity index (χ4v) is 4.80. The maximum absolute atomic E-state index is 13.2. The lowest BCUT2D eigenvalue weighted by molar-refractivity contribution is -0.123. The SMILES string of the molecule is CC[C@H](C)NS(=O)(=O)c1cc(NC(=O)C(C)(C)C)ccc1N1CCCC[C@H]1C. The summed E-state index contributed by atoms with van der Waals surface area (Å²) in [5, 5.41) is 2.85. The Labute approximate surface area is 170 Å². The highest BCUT2D eigenvalue weighted by Crippen LogP contribution is 2.33. The number of nitrogens with zero attached hydrogens (tertiary/aromatic N) is 1. The van der Waals surface area contributed by atoms with Crippen molar-refractivity contribution >= 4 is 27.3 Å². The topological polar surface area (TPSA) is 78.5 Å². The van der Waals surface area contributed by atoms with E-state index in [9.17, 15) is 13.2 Å². The van der Waals surface area contributed by atoms with Gasteiger partial charge in [-0.3, -0.25) is 4.79 Å². The van der Waals surface area contributed by atoms with Gasteiger partial charge in [-0.2, -0.15) is 0 Å². The van der Waals surface area contributed by atoms with Crippen molar-refractivity contribution in [1.29, 1.82) is 0 Å². The molecule has 1 amide bonds. The Balaban J connectivity index is 2.48. The van der Waals surface area contributed by atoms with Crippen LogP contribution >= 0.6 is 0 Å². The first kappa shape index (κ1) is 22.7. The molecule has 0 aliphatic carbocycles. The number of hydrogen-bond acceptors (Lipinski definition) is 4. The predicted octanol–water partition coefficient (Wildman–Crippen LogP) is 4.13. The number of rotatable bonds is 6. The molecule has 0 spiro atoms. The van der Waals surface area contributed by atoms with Crippen LogP contribution in [0.2, 0.25) is 0 Å². The summed E-state index contributed by atoms with van der Waals surface area (Å²) in [5.41, 5.74) is 0.642. The van der Waals surface area contributed by atoms with Gasteiger partial charge in [0.15, 0.2) is 0 Å². The van der Waals surface area contributed by atoms with Gasteiger partial charge in [0, 0.05) is 29.7 Å². The van der Waals surface area contributed by atoms with Gasteiger partial charge < -0.3 is 10.2 Å². The lowest BCUT2D eigenvalue weighted by Crippen LogP contribution is -2.39. The Hall–Kier alpha value is -1.60. The number of sulfonamides is 1. The van der Waals surface area contributed by atoms with Crippen molar-refractivity contribution in [3.8, 4) is 0 Å². The summed E-state index contributed by atoms with van der Waals surface area (Å²) < 4.78 is 29.1. The standard InChI is InChI=1S/C21H35N3O3S/c1-7-15(2)23-28(26,27)19-14-17(22-20(25)21(4,5)6)11-12-18(19)24-13-9-8-10-16(24)3/h11-12,14-16,23H,7-10,13H2,1-6H3,(H,22,25)/t15-,16+/m0/s1. The number of anilines is 2. The molecule has 0 radical (unpaired) electrons. The van der Waals surface area contributed by atoms with Gasteiger partial charge in [-0.25, -0.2) is 13.1 Å². The number of carbonyl (C=O) groups is 1. The second kappa shape index (κ2) is 8.82. The van der Waals surface area contributed by atoms with Crippen LogP contribution < -0.4 is 14.9 Å². The summed E-state index contributed by atoms with van der Waals surface area (Å²) in [6, 6.07) is 5.32. The van der Waals surface area contributed by atoms with Crippen molar-refractivity contribution in [1.82, 2.24) is 4.72 Å². The average molecular weight is 410 g/mol. The molecule has 2 atom stereocenters. The minimum absolute atomic E-state index is 0.148. The third kappa shape index (κ3) is 5.47. The molecule has 0 bridgehead atoms. The average Bonchev–Trinajstić information content (AvgIpc) is 2.61. The molecule has 1 heterocycles. The monoisotopic (exact) mass is 409 g/mol. The van der Waals surface area contributed by atoms with Crippen molar-refractivity contribution < 1.29 is 13.2 Å². The fraction of sp³-hybridized carbons (Fsp3) is 0.667. The van der Waals surface area contributed by atoms with E-state index in [1.54, 1.807) is 12.1 Å². The first-order chi connectivity index (χ1) is 13.0.